The number of nitrogens with one attached hydrogen (secondary N) is 1. The Morgan fingerprint density at radius 3 is 2.59 bits per heavy atom. The molecule has 1 heterocycles. The maximum absolute atomic E-state index is 12.0. The molecule has 0 saturated carbocycles. The van der Waals surface area contributed by atoms with Crippen molar-refractivity contribution in [1.82, 2.24) is 0 Å². The van der Waals surface area contributed by atoms with E-state index in [4.69, 9.17) is 0 Å². The van der Waals surface area contributed by atoms with Crippen molar-refractivity contribution < 1.29 is 9.72 Å². The molecule has 2 aromatic carbocycles. The van der Waals surface area contributed by atoms with Crippen LogP contribution >= 0.6 is 0 Å². The summed E-state index contributed by atoms with van der Waals surface area (Å²) in [5.41, 5.74) is 2.43. The van der Waals surface area contributed by atoms with E-state index < -0.39 is 11.0 Å². The second-order valence-corrected chi connectivity index (χ2v) is 5.00. The summed E-state index contributed by atoms with van der Waals surface area (Å²) in [4.78, 5) is 27.0. The van der Waals surface area contributed by atoms with E-state index in [9.17, 15) is 14.9 Å². The second-order valence-electron chi connectivity index (χ2n) is 5.00. The number of amides is 1. The SMILES string of the molecule is C[C@@H]1N=C(c2ccccc2)c2cc([N+](=O)[O-])ccc2NC1=O. The van der Waals surface area contributed by atoms with Crippen LogP contribution in [0.15, 0.2) is 53.5 Å². The average Bonchev–Trinajstić information content (AvgIpc) is 2.65. The number of fused-ring (bicyclic) bond motifs is 1. The van der Waals surface area contributed by atoms with Gasteiger partial charge < -0.3 is 5.32 Å². The lowest BCUT2D eigenvalue weighted by molar-refractivity contribution is -0.384. The van der Waals surface area contributed by atoms with Gasteiger partial charge in [-0.15, -0.1) is 0 Å². The van der Waals surface area contributed by atoms with E-state index >= 15 is 0 Å². The van der Waals surface area contributed by atoms with Crippen LogP contribution < -0.4 is 5.32 Å². The predicted molar refractivity (Wildman–Crippen MR) is 83.3 cm³/mol. The molecule has 1 atom stereocenters. The van der Waals surface area contributed by atoms with Gasteiger partial charge in [-0.3, -0.25) is 19.9 Å². The molecule has 1 N–H and O–H groups in total. The maximum Gasteiger partial charge on any atom is 0.270 e. The summed E-state index contributed by atoms with van der Waals surface area (Å²) in [6.45, 7) is 1.69. The van der Waals surface area contributed by atoms with E-state index in [1.54, 1.807) is 13.0 Å². The number of benzene rings is 2. The number of aliphatic imine (C=N–C) groups is 1. The standard InChI is InChI=1S/C16H13N3O3/c1-10-16(20)18-14-8-7-12(19(21)22)9-13(14)15(17-10)11-5-3-2-4-6-11/h2-10H,1H3,(H,18,20)/t10-/m0/s1. The van der Waals surface area contributed by atoms with Crippen molar-refractivity contribution >= 4 is 23.0 Å². The van der Waals surface area contributed by atoms with E-state index in [-0.39, 0.29) is 11.6 Å². The summed E-state index contributed by atoms with van der Waals surface area (Å²) < 4.78 is 0. The summed E-state index contributed by atoms with van der Waals surface area (Å²) in [5.74, 6) is -0.235. The van der Waals surface area contributed by atoms with Crippen LogP contribution in [-0.2, 0) is 4.79 Å². The minimum atomic E-state index is -0.568. The Balaban J connectivity index is 2.24. The molecule has 22 heavy (non-hydrogen) atoms. The minimum absolute atomic E-state index is 0.0359. The highest BCUT2D eigenvalue weighted by Crippen LogP contribution is 2.28. The Morgan fingerprint density at radius 1 is 1.18 bits per heavy atom. The number of nitro benzene ring substituents is 1. The third-order valence-electron chi connectivity index (χ3n) is 3.48. The minimum Gasteiger partial charge on any atom is -0.324 e. The highest BCUT2D eigenvalue weighted by molar-refractivity contribution is 6.19. The van der Waals surface area contributed by atoms with Crippen molar-refractivity contribution in [2.45, 2.75) is 13.0 Å². The molecular formula is C16H13N3O3. The lowest BCUT2D eigenvalue weighted by atomic mass is 10.00. The van der Waals surface area contributed by atoms with Gasteiger partial charge in [0.1, 0.15) is 6.04 Å². The monoisotopic (exact) mass is 295 g/mol. The van der Waals surface area contributed by atoms with Crippen molar-refractivity contribution in [3.8, 4) is 0 Å². The fraction of sp³-hybridized carbons (Fsp3) is 0.125. The number of anilines is 1. The number of benzodiazepines with no additional fused rings is 1. The van der Waals surface area contributed by atoms with Crippen LogP contribution in [0, 0.1) is 10.1 Å². The van der Waals surface area contributed by atoms with Gasteiger partial charge in [-0.2, -0.15) is 0 Å². The van der Waals surface area contributed by atoms with Crippen LogP contribution in [0.4, 0.5) is 11.4 Å². The number of hydrogen-bond acceptors (Lipinski definition) is 4. The lowest BCUT2D eigenvalue weighted by Gasteiger charge is -2.09. The van der Waals surface area contributed by atoms with Crippen LogP contribution in [0.5, 0.6) is 0 Å². The van der Waals surface area contributed by atoms with Gasteiger partial charge in [0.05, 0.1) is 16.3 Å². The van der Waals surface area contributed by atoms with Crippen molar-refractivity contribution in [3.05, 3.63) is 69.8 Å². The zero-order valence-electron chi connectivity index (χ0n) is 11.8. The fourth-order valence-corrected chi connectivity index (χ4v) is 2.34. The van der Waals surface area contributed by atoms with Crippen LogP contribution in [-0.4, -0.2) is 22.6 Å². The molecule has 0 aromatic heterocycles. The fourth-order valence-electron chi connectivity index (χ4n) is 2.34. The highest BCUT2D eigenvalue weighted by Gasteiger charge is 2.24. The molecule has 110 valence electrons. The number of hydrogen-bond donors (Lipinski definition) is 1. The summed E-state index contributed by atoms with van der Waals surface area (Å²) in [5, 5.41) is 13.8. The highest BCUT2D eigenvalue weighted by atomic mass is 16.6. The third-order valence-corrected chi connectivity index (χ3v) is 3.48. The van der Waals surface area contributed by atoms with Crippen molar-refractivity contribution in [2.75, 3.05) is 5.32 Å². The molecule has 0 bridgehead atoms. The van der Waals surface area contributed by atoms with Gasteiger partial charge in [0, 0.05) is 23.3 Å². The molecule has 0 radical (unpaired) electrons. The van der Waals surface area contributed by atoms with Gasteiger partial charge in [-0.1, -0.05) is 30.3 Å². The average molecular weight is 295 g/mol. The van der Waals surface area contributed by atoms with E-state index in [1.165, 1.54) is 12.1 Å². The zero-order chi connectivity index (χ0) is 15.7. The summed E-state index contributed by atoms with van der Waals surface area (Å²) in [7, 11) is 0. The van der Waals surface area contributed by atoms with Crippen LogP contribution in [0.2, 0.25) is 0 Å². The second kappa shape index (κ2) is 5.40. The number of nitro groups is 1. The smallest absolute Gasteiger partial charge is 0.270 e. The maximum atomic E-state index is 12.0. The van der Waals surface area contributed by atoms with Gasteiger partial charge in [0.25, 0.3) is 5.69 Å². The first-order chi connectivity index (χ1) is 10.6. The Labute approximate surface area is 126 Å². The zero-order valence-corrected chi connectivity index (χ0v) is 11.8. The van der Waals surface area contributed by atoms with E-state index in [2.05, 4.69) is 10.3 Å². The molecule has 0 unspecified atom stereocenters. The van der Waals surface area contributed by atoms with Crippen LogP contribution in [0.3, 0.4) is 0 Å². The van der Waals surface area contributed by atoms with Gasteiger partial charge in [-0.25, -0.2) is 0 Å². The van der Waals surface area contributed by atoms with Crippen LogP contribution in [0.1, 0.15) is 18.1 Å². The molecule has 6 nitrogen and oxygen atoms in total. The van der Waals surface area contributed by atoms with Crippen LogP contribution in [0.25, 0.3) is 0 Å². The third kappa shape index (κ3) is 2.46. The Bertz CT molecular complexity index is 784. The van der Waals surface area contributed by atoms with Gasteiger partial charge in [-0.05, 0) is 13.0 Å². The summed E-state index contributed by atoms with van der Waals surface area (Å²) in [6, 6.07) is 13.1. The molecule has 0 aliphatic carbocycles. The first kappa shape index (κ1) is 13.9. The Morgan fingerprint density at radius 2 is 1.91 bits per heavy atom. The first-order valence-corrected chi connectivity index (χ1v) is 6.79. The first-order valence-electron chi connectivity index (χ1n) is 6.79. The van der Waals surface area contributed by atoms with Crippen molar-refractivity contribution in [2.24, 2.45) is 4.99 Å². The Kier molecular flexibility index (Phi) is 3.42. The summed E-state index contributed by atoms with van der Waals surface area (Å²) >= 11 is 0. The topological polar surface area (TPSA) is 84.6 Å². The molecule has 2 aromatic rings. The molecule has 1 amide bonds. The molecule has 3 rings (SSSR count). The number of rotatable bonds is 2. The summed E-state index contributed by atoms with van der Waals surface area (Å²) in [6.07, 6.45) is 0. The molecule has 1 aliphatic rings. The quantitative estimate of drug-likeness (QED) is 0.683. The molecular weight excluding hydrogens is 282 g/mol. The largest absolute Gasteiger partial charge is 0.324 e. The molecule has 0 spiro atoms. The van der Waals surface area contributed by atoms with E-state index in [1.807, 2.05) is 30.3 Å². The number of nitrogens with zero attached hydrogens (tertiary/aromatic N) is 2. The van der Waals surface area contributed by atoms with E-state index in [0.29, 0.717) is 17.0 Å². The van der Waals surface area contributed by atoms with Crippen molar-refractivity contribution in [1.29, 1.82) is 0 Å². The molecule has 1 aliphatic heterocycles. The molecule has 0 fully saturated rings. The predicted octanol–water partition coefficient (Wildman–Crippen LogP) is 2.77. The normalized spacial score (nSPS) is 17.0. The number of carbonyl (C=O) groups excluding carboxylic acids is 1. The molecule has 6 heteroatoms. The van der Waals surface area contributed by atoms with Gasteiger partial charge >= 0.3 is 0 Å². The number of carbonyl (C=O) groups is 1. The number of non-ortho nitro benzene ring substituents is 1. The molecule has 0 saturated heterocycles. The lowest BCUT2D eigenvalue weighted by Crippen LogP contribution is -2.22. The van der Waals surface area contributed by atoms with E-state index in [0.717, 1.165) is 5.56 Å². The van der Waals surface area contributed by atoms with Gasteiger partial charge in [0.2, 0.25) is 5.91 Å². The Hall–Kier alpha value is -3.02. The van der Waals surface area contributed by atoms with Crippen molar-refractivity contribution in [3.63, 3.8) is 0 Å². The van der Waals surface area contributed by atoms with Gasteiger partial charge in [0.15, 0.2) is 0 Å².